The molecule has 1 aromatic carbocycles. The van der Waals surface area contributed by atoms with Crippen LogP contribution in [0.15, 0.2) is 49.1 Å². The van der Waals surface area contributed by atoms with Gasteiger partial charge in [0.25, 0.3) is 10.0 Å². The molecule has 11 nitrogen and oxygen atoms in total. The van der Waals surface area contributed by atoms with Crippen molar-refractivity contribution in [3.05, 3.63) is 54.6 Å². The van der Waals surface area contributed by atoms with Gasteiger partial charge in [0.05, 0.1) is 34.9 Å². The summed E-state index contributed by atoms with van der Waals surface area (Å²) in [5.74, 6) is -1.06. The third kappa shape index (κ3) is 5.84. The van der Waals surface area contributed by atoms with E-state index in [0.29, 0.717) is 47.2 Å². The maximum atomic E-state index is 13.9. The number of hydrogen-bond acceptors (Lipinski definition) is 10. The number of alkyl halides is 3. The highest BCUT2D eigenvalue weighted by atomic mass is 32.2. The van der Waals surface area contributed by atoms with E-state index in [2.05, 4.69) is 25.4 Å². The fourth-order valence-electron chi connectivity index (χ4n) is 5.48. The summed E-state index contributed by atoms with van der Waals surface area (Å²) in [6.07, 6.45) is 3.58. The molecule has 16 heteroatoms. The van der Waals surface area contributed by atoms with Crippen LogP contribution in [0.3, 0.4) is 0 Å². The minimum absolute atomic E-state index is 0.0378. The van der Waals surface area contributed by atoms with Crippen LogP contribution in [0.25, 0.3) is 22.2 Å². The Hall–Kier alpha value is -3.79. The van der Waals surface area contributed by atoms with E-state index in [1.807, 2.05) is 11.8 Å². The Kier molecular flexibility index (Phi) is 7.34. The zero-order valence-electron chi connectivity index (χ0n) is 24.0. The van der Waals surface area contributed by atoms with Gasteiger partial charge in [0.1, 0.15) is 21.5 Å². The highest BCUT2D eigenvalue weighted by molar-refractivity contribution is 7.90. The molecule has 44 heavy (non-hydrogen) atoms. The van der Waals surface area contributed by atoms with Crippen molar-refractivity contribution in [2.45, 2.75) is 50.1 Å². The monoisotopic (exact) mass is 649 g/mol. The zero-order valence-corrected chi connectivity index (χ0v) is 25.7. The van der Waals surface area contributed by atoms with E-state index >= 15 is 0 Å². The van der Waals surface area contributed by atoms with Crippen molar-refractivity contribution in [2.75, 3.05) is 28.8 Å². The number of sulfone groups is 1. The van der Waals surface area contributed by atoms with Gasteiger partial charge in [-0.3, -0.25) is 0 Å². The topological polar surface area (TPSA) is 140 Å². The van der Waals surface area contributed by atoms with E-state index in [1.54, 1.807) is 12.1 Å². The molecule has 2 fully saturated rings. The Morgan fingerprint density at radius 1 is 1.05 bits per heavy atom. The van der Waals surface area contributed by atoms with Gasteiger partial charge in [-0.15, -0.1) is 0 Å². The molecule has 1 N–H and O–H groups in total. The fourth-order valence-corrected chi connectivity index (χ4v) is 8.12. The number of aromatic nitrogens is 5. The molecular weight excluding hydrogens is 619 g/mol. The average Bonchev–Trinajstić information content (AvgIpc) is 3.70. The van der Waals surface area contributed by atoms with Crippen molar-refractivity contribution in [1.82, 2.24) is 24.1 Å². The predicted molar refractivity (Wildman–Crippen MR) is 160 cm³/mol. The van der Waals surface area contributed by atoms with Gasteiger partial charge in [0.15, 0.2) is 5.82 Å². The molecule has 1 aliphatic heterocycles. The van der Waals surface area contributed by atoms with Gasteiger partial charge in [-0.25, -0.2) is 31.8 Å². The van der Waals surface area contributed by atoms with E-state index in [0.717, 1.165) is 11.0 Å². The predicted octanol–water partition coefficient (Wildman–Crippen LogP) is 4.51. The second kappa shape index (κ2) is 10.7. The molecule has 1 saturated carbocycles. The minimum Gasteiger partial charge on any atom is -0.368 e. The molecule has 0 spiro atoms. The molecule has 1 saturated heterocycles. The van der Waals surface area contributed by atoms with E-state index in [9.17, 15) is 30.0 Å². The molecule has 0 amide bonds. The van der Waals surface area contributed by atoms with Crippen molar-refractivity contribution in [3.63, 3.8) is 0 Å². The Morgan fingerprint density at radius 2 is 1.80 bits per heavy atom. The Labute approximate surface area is 252 Å². The summed E-state index contributed by atoms with van der Waals surface area (Å²) in [7, 11) is -6.74. The number of nitrogens with zero attached hydrogens (tertiary/aromatic N) is 6. The summed E-state index contributed by atoms with van der Waals surface area (Å²) >= 11 is 0. The Bertz CT molecular complexity index is 1960. The van der Waals surface area contributed by atoms with Gasteiger partial charge in [0, 0.05) is 48.2 Å². The molecule has 6 rings (SSSR count). The molecule has 4 aromatic rings. The number of nitrogens with one attached hydrogen (secondary N) is 1. The summed E-state index contributed by atoms with van der Waals surface area (Å²) in [5.41, 5.74) is 1.14. The van der Waals surface area contributed by atoms with E-state index in [1.165, 1.54) is 43.2 Å². The summed E-state index contributed by atoms with van der Waals surface area (Å²) in [5, 5.41) is 7.42. The molecular formula is C28H30F3N7O4S2. The lowest BCUT2D eigenvalue weighted by Gasteiger charge is -2.48. The second-order valence-electron chi connectivity index (χ2n) is 11.5. The van der Waals surface area contributed by atoms with Crippen molar-refractivity contribution < 1.29 is 30.0 Å². The highest BCUT2D eigenvalue weighted by Gasteiger charge is 2.41. The number of pyridine rings is 1. The molecule has 1 aliphatic carbocycles. The molecule has 2 aliphatic rings. The average molecular weight is 650 g/mol. The number of hydrogen-bond donors (Lipinski definition) is 1. The first-order chi connectivity index (χ1) is 20.6. The molecule has 1 unspecified atom stereocenters. The normalized spacial score (nSPS) is 20.0. The first-order valence-electron chi connectivity index (χ1n) is 13.9. The van der Waals surface area contributed by atoms with Crippen LogP contribution in [-0.4, -0.2) is 77.0 Å². The van der Waals surface area contributed by atoms with Gasteiger partial charge in [-0.1, -0.05) is 6.07 Å². The summed E-state index contributed by atoms with van der Waals surface area (Å²) in [6.45, 7) is 3.47. The van der Waals surface area contributed by atoms with E-state index in [-0.39, 0.29) is 34.9 Å². The molecule has 3 aromatic heterocycles. The largest absolute Gasteiger partial charge is 0.395 e. The lowest BCUT2D eigenvalue weighted by molar-refractivity contribution is -0.146. The van der Waals surface area contributed by atoms with Crippen molar-refractivity contribution >= 4 is 48.0 Å². The quantitative estimate of drug-likeness (QED) is 0.276. The lowest BCUT2D eigenvalue weighted by Crippen LogP contribution is -2.57. The van der Waals surface area contributed by atoms with Crippen molar-refractivity contribution in [2.24, 2.45) is 5.92 Å². The van der Waals surface area contributed by atoms with Crippen LogP contribution in [0, 0.1) is 5.92 Å². The number of rotatable bonds is 9. The molecule has 234 valence electrons. The van der Waals surface area contributed by atoms with Gasteiger partial charge < -0.3 is 10.2 Å². The third-order valence-electron chi connectivity index (χ3n) is 8.24. The maximum absolute atomic E-state index is 13.9. The minimum atomic E-state index is -4.48. The Morgan fingerprint density at radius 3 is 2.45 bits per heavy atom. The van der Waals surface area contributed by atoms with Crippen molar-refractivity contribution in [1.29, 1.82) is 0 Å². The third-order valence-corrected chi connectivity index (χ3v) is 11.3. The number of halogens is 3. The highest BCUT2D eigenvalue weighted by Crippen LogP contribution is 2.43. The van der Waals surface area contributed by atoms with Crippen LogP contribution in [-0.2, 0) is 19.9 Å². The summed E-state index contributed by atoms with van der Waals surface area (Å²) < 4.78 is 91.3. The zero-order chi connectivity index (χ0) is 31.6. The molecule has 3 atom stereocenters. The van der Waals surface area contributed by atoms with E-state index in [4.69, 9.17) is 0 Å². The lowest BCUT2D eigenvalue weighted by atomic mass is 9.88. The van der Waals surface area contributed by atoms with E-state index < -0.39 is 37.2 Å². The van der Waals surface area contributed by atoms with Gasteiger partial charge >= 0.3 is 6.18 Å². The number of fused-ring (bicyclic) bond motifs is 1. The number of anilines is 3. The number of benzene rings is 1. The summed E-state index contributed by atoms with van der Waals surface area (Å²) in [4.78, 5) is 15.1. The Balaban J connectivity index is 1.32. The van der Waals surface area contributed by atoms with Gasteiger partial charge in [-0.2, -0.15) is 22.4 Å². The van der Waals surface area contributed by atoms with Crippen LogP contribution in [0.1, 0.15) is 38.2 Å². The van der Waals surface area contributed by atoms with Crippen molar-refractivity contribution in [3.8, 4) is 11.4 Å². The van der Waals surface area contributed by atoms with Crippen LogP contribution < -0.4 is 10.2 Å². The maximum Gasteiger partial charge on any atom is 0.395 e. The van der Waals surface area contributed by atoms with Crippen LogP contribution in [0.5, 0.6) is 0 Å². The first-order valence-corrected chi connectivity index (χ1v) is 17.5. The van der Waals surface area contributed by atoms with Crippen LogP contribution in [0.4, 0.5) is 30.5 Å². The SMILES string of the molecule is CC(c1ccc(N2C[C@H](CS(C)(=O)=O)[C@H]2C)c2cnc(Nc3ccnc(-c4cnn(S(=O)(=O)C5CC5)c4)n3)cc12)C(F)(F)F. The molecule has 0 bridgehead atoms. The summed E-state index contributed by atoms with van der Waals surface area (Å²) in [6, 6.07) is 6.07. The smallest absolute Gasteiger partial charge is 0.368 e. The molecule has 4 heterocycles. The standard InChI is InChI=1S/C28H30F3N7O4S2/c1-16(28(29,30)31)21-6-7-24(37-13-19(17(37)2)15-43(3,39)40)23-12-33-26(10-22(21)23)35-25-8-9-32-27(36-25)18-11-34-38(14-18)44(41,42)20-4-5-20/h6-12,14,16-17,19-20H,4-5,13,15H2,1-3H3,(H,32,33,35,36)/t16?,17-,19-/m1/s1. The van der Waals surface area contributed by atoms with Crippen LogP contribution >= 0.6 is 0 Å². The van der Waals surface area contributed by atoms with Gasteiger partial charge in [0.2, 0.25) is 0 Å². The second-order valence-corrected chi connectivity index (χ2v) is 15.8. The molecule has 0 radical (unpaired) electrons. The fraction of sp³-hybridized carbons (Fsp3) is 0.429. The van der Waals surface area contributed by atoms with Gasteiger partial charge in [-0.05, 0) is 55.8 Å². The van der Waals surface area contributed by atoms with Crippen LogP contribution in [0.2, 0.25) is 0 Å². The first kappa shape index (κ1) is 30.2.